The molecule has 0 unspecified atom stereocenters. The summed E-state index contributed by atoms with van der Waals surface area (Å²) < 4.78 is 12.8. The van der Waals surface area contributed by atoms with Gasteiger partial charge >= 0.3 is 0 Å². The van der Waals surface area contributed by atoms with Crippen molar-refractivity contribution < 1.29 is 4.39 Å². The van der Waals surface area contributed by atoms with Crippen LogP contribution in [0.5, 0.6) is 0 Å². The summed E-state index contributed by atoms with van der Waals surface area (Å²) in [7, 11) is 0. The van der Waals surface area contributed by atoms with Crippen LogP contribution in [0.1, 0.15) is 165 Å². The van der Waals surface area contributed by atoms with E-state index in [-0.39, 0.29) is 6.67 Å². The quantitative estimate of drug-likeness (QED) is 0.218. The Morgan fingerprint density at radius 1 is 0.541 bits per heavy atom. The van der Waals surface area contributed by atoms with Gasteiger partial charge in [0.05, 0.1) is 0 Å². The van der Waals surface area contributed by atoms with Crippen molar-refractivity contribution in [3.05, 3.63) is 35.4 Å². The van der Waals surface area contributed by atoms with Gasteiger partial charge in [-0.15, -0.1) is 0 Å². The van der Waals surface area contributed by atoms with Crippen molar-refractivity contribution in [1.82, 2.24) is 0 Å². The van der Waals surface area contributed by atoms with Crippen LogP contribution in [0.25, 0.3) is 0 Å². The fourth-order valence-electron chi connectivity index (χ4n) is 8.42. The van der Waals surface area contributed by atoms with Gasteiger partial charge in [-0.25, -0.2) is 4.39 Å². The van der Waals surface area contributed by atoms with E-state index in [1.165, 1.54) is 108 Å². The van der Waals surface area contributed by atoms with Crippen molar-refractivity contribution in [3.63, 3.8) is 0 Å². The maximum Gasteiger partial charge on any atom is 0.115 e. The summed E-state index contributed by atoms with van der Waals surface area (Å²) in [6, 6.07) is 8.34. The molecule has 210 valence electrons. The standard InChI is InChI=1S/C36H59F/c1-2-3-4-5-6-7-8-9-29-12-20-33(21-13-29)34-22-14-30(15-23-34)10-11-31-16-24-35(25-17-31)36-26-18-32(28-37)19-27-36/h18-19,26-27,29-31,33-35H,2-17,20-25,28H2,1H3/t29-,30-,31?,33-,34-,35?. The van der Waals surface area contributed by atoms with Crippen LogP contribution in [0.15, 0.2) is 24.3 Å². The van der Waals surface area contributed by atoms with Gasteiger partial charge in [-0.2, -0.15) is 0 Å². The minimum absolute atomic E-state index is 0.338. The maximum absolute atomic E-state index is 12.8. The molecule has 0 heterocycles. The SMILES string of the molecule is CCCCCCCCC[C@H]1CC[C@H]([C@H]2CC[C@H](CCC3CCC(c4ccc(CF)cc4)CC3)CC2)CC1. The second-order valence-corrected chi connectivity index (χ2v) is 13.6. The normalized spacial score (nSPS) is 30.9. The summed E-state index contributed by atoms with van der Waals surface area (Å²) in [6.07, 6.45) is 32.6. The van der Waals surface area contributed by atoms with Crippen LogP contribution in [-0.4, -0.2) is 0 Å². The van der Waals surface area contributed by atoms with Gasteiger partial charge in [-0.1, -0.05) is 121 Å². The Balaban J connectivity index is 1.03. The largest absolute Gasteiger partial charge is 0.246 e. The molecule has 1 aromatic rings. The molecule has 37 heavy (non-hydrogen) atoms. The lowest BCUT2D eigenvalue weighted by Crippen LogP contribution is -2.26. The van der Waals surface area contributed by atoms with Gasteiger partial charge in [-0.3, -0.25) is 0 Å². The number of alkyl halides is 1. The first kappa shape index (κ1) is 29.1. The lowest BCUT2D eigenvalue weighted by atomic mass is 9.67. The molecule has 0 radical (unpaired) electrons. The Bertz CT molecular complexity index is 699. The molecular weight excluding hydrogens is 451 g/mol. The summed E-state index contributed by atoms with van der Waals surface area (Å²) in [5.74, 6) is 5.90. The van der Waals surface area contributed by atoms with E-state index in [0.29, 0.717) is 5.92 Å². The molecule has 0 N–H and O–H groups in total. The fourth-order valence-corrected chi connectivity index (χ4v) is 8.42. The van der Waals surface area contributed by atoms with Crippen LogP contribution in [0.3, 0.4) is 0 Å². The molecule has 3 saturated carbocycles. The van der Waals surface area contributed by atoms with Gasteiger partial charge in [0, 0.05) is 0 Å². The molecule has 0 spiro atoms. The molecule has 4 rings (SSSR count). The van der Waals surface area contributed by atoms with Crippen LogP contribution >= 0.6 is 0 Å². The van der Waals surface area contributed by atoms with Crippen molar-refractivity contribution in [2.75, 3.05) is 0 Å². The summed E-state index contributed by atoms with van der Waals surface area (Å²) in [5, 5.41) is 0. The molecule has 0 atom stereocenters. The highest BCUT2D eigenvalue weighted by Gasteiger charge is 2.31. The summed E-state index contributed by atoms with van der Waals surface area (Å²) in [4.78, 5) is 0. The highest BCUT2D eigenvalue weighted by atomic mass is 19.1. The average Bonchev–Trinajstić information content (AvgIpc) is 2.96. The van der Waals surface area contributed by atoms with Gasteiger partial charge in [0.25, 0.3) is 0 Å². The second-order valence-electron chi connectivity index (χ2n) is 13.6. The molecule has 3 aliphatic rings. The van der Waals surface area contributed by atoms with Crippen LogP contribution < -0.4 is 0 Å². The Labute approximate surface area is 230 Å². The molecule has 3 fully saturated rings. The molecule has 0 bridgehead atoms. The third kappa shape index (κ3) is 9.69. The Kier molecular flexibility index (Phi) is 12.8. The summed E-state index contributed by atoms with van der Waals surface area (Å²) in [6.45, 7) is 1.98. The van der Waals surface area contributed by atoms with Crippen molar-refractivity contribution in [2.24, 2.45) is 29.6 Å². The van der Waals surface area contributed by atoms with Crippen LogP contribution in [0.2, 0.25) is 0 Å². The van der Waals surface area contributed by atoms with E-state index in [1.54, 1.807) is 38.5 Å². The van der Waals surface area contributed by atoms with E-state index in [9.17, 15) is 4.39 Å². The topological polar surface area (TPSA) is 0 Å². The fraction of sp³-hybridized carbons (Fsp3) is 0.833. The summed E-state index contributed by atoms with van der Waals surface area (Å²) >= 11 is 0. The smallest absolute Gasteiger partial charge is 0.115 e. The zero-order chi connectivity index (χ0) is 25.7. The number of hydrogen-bond acceptors (Lipinski definition) is 0. The minimum atomic E-state index is -0.338. The first-order valence-electron chi connectivity index (χ1n) is 16.9. The molecule has 1 heteroatoms. The van der Waals surface area contributed by atoms with Crippen molar-refractivity contribution in [3.8, 4) is 0 Å². The van der Waals surface area contributed by atoms with Gasteiger partial charge in [0.2, 0.25) is 0 Å². The van der Waals surface area contributed by atoms with E-state index in [1.807, 2.05) is 12.1 Å². The van der Waals surface area contributed by atoms with E-state index in [2.05, 4.69) is 19.1 Å². The number of hydrogen-bond donors (Lipinski definition) is 0. The Hall–Kier alpha value is -0.850. The number of benzene rings is 1. The predicted octanol–water partition coefficient (Wildman–Crippen LogP) is 12.0. The molecule has 0 nitrogen and oxygen atoms in total. The Morgan fingerprint density at radius 3 is 1.51 bits per heavy atom. The number of halogens is 1. The third-order valence-corrected chi connectivity index (χ3v) is 11.1. The zero-order valence-electron chi connectivity index (χ0n) is 24.4. The lowest BCUT2D eigenvalue weighted by molar-refractivity contribution is 0.136. The van der Waals surface area contributed by atoms with Crippen molar-refractivity contribution in [1.29, 1.82) is 0 Å². The molecule has 0 aliphatic heterocycles. The molecule has 0 amide bonds. The molecule has 1 aromatic carbocycles. The van der Waals surface area contributed by atoms with Gasteiger partial charge in [0.1, 0.15) is 6.67 Å². The van der Waals surface area contributed by atoms with Gasteiger partial charge in [-0.05, 0) is 98.0 Å². The van der Waals surface area contributed by atoms with E-state index >= 15 is 0 Å². The van der Waals surface area contributed by atoms with E-state index in [0.717, 1.165) is 35.2 Å². The Morgan fingerprint density at radius 2 is 1.00 bits per heavy atom. The zero-order valence-corrected chi connectivity index (χ0v) is 24.4. The third-order valence-electron chi connectivity index (χ3n) is 11.1. The summed E-state index contributed by atoms with van der Waals surface area (Å²) in [5.41, 5.74) is 2.26. The highest BCUT2D eigenvalue weighted by molar-refractivity contribution is 5.25. The first-order chi connectivity index (χ1) is 18.2. The predicted molar refractivity (Wildman–Crippen MR) is 159 cm³/mol. The van der Waals surface area contributed by atoms with Crippen LogP contribution in [-0.2, 0) is 6.67 Å². The number of rotatable bonds is 14. The minimum Gasteiger partial charge on any atom is -0.246 e. The highest BCUT2D eigenvalue weighted by Crippen LogP contribution is 2.44. The van der Waals surface area contributed by atoms with Crippen molar-refractivity contribution >= 4 is 0 Å². The molecular formula is C36H59F. The molecule has 0 saturated heterocycles. The molecule has 3 aliphatic carbocycles. The van der Waals surface area contributed by atoms with E-state index < -0.39 is 0 Å². The van der Waals surface area contributed by atoms with Crippen LogP contribution in [0, 0.1) is 29.6 Å². The van der Waals surface area contributed by atoms with Crippen molar-refractivity contribution in [2.45, 2.75) is 161 Å². The van der Waals surface area contributed by atoms with Crippen LogP contribution in [0.4, 0.5) is 4.39 Å². The second kappa shape index (κ2) is 16.3. The lowest BCUT2D eigenvalue weighted by Gasteiger charge is -2.38. The van der Waals surface area contributed by atoms with E-state index in [4.69, 9.17) is 0 Å². The maximum atomic E-state index is 12.8. The first-order valence-corrected chi connectivity index (χ1v) is 16.9. The van der Waals surface area contributed by atoms with Gasteiger partial charge < -0.3 is 0 Å². The number of unbranched alkanes of at least 4 members (excludes halogenated alkanes) is 6. The molecule has 0 aromatic heterocycles. The average molecular weight is 511 g/mol. The monoisotopic (exact) mass is 510 g/mol. The van der Waals surface area contributed by atoms with Gasteiger partial charge in [0.15, 0.2) is 0 Å².